The van der Waals surface area contributed by atoms with Crippen molar-refractivity contribution in [1.82, 2.24) is 0 Å². The van der Waals surface area contributed by atoms with Crippen LogP contribution in [0.3, 0.4) is 0 Å². The van der Waals surface area contributed by atoms with Gasteiger partial charge in [0.2, 0.25) is 0 Å². The van der Waals surface area contributed by atoms with Gasteiger partial charge in [-0.1, -0.05) is 12.2 Å². The molecule has 0 aliphatic heterocycles. The van der Waals surface area contributed by atoms with Crippen LogP contribution < -0.4 is 0 Å². The van der Waals surface area contributed by atoms with Gasteiger partial charge in [-0.2, -0.15) is 0 Å². The normalized spacial score (nSPS) is 26.0. The van der Waals surface area contributed by atoms with E-state index < -0.39 is 5.92 Å². The zero-order valence-electron chi connectivity index (χ0n) is 6.00. The molecule has 0 aromatic heterocycles. The largest absolute Gasteiger partial charge is 0.251 e. The molecular weight excluding hydrogens is 134 g/mol. The fraction of sp³-hybridized carbons (Fsp3) is 0.750. The lowest BCUT2D eigenvalue weighted by molar-refractivity contribution is -0.00523. The molecule has 1 rings (SSSR count). The Balaban J connectivity index is 2.54. The van der Waals surface area contributed by atoms with Crippen LogP contribution in [0, 0.1) is 0 Å². The number of halogens is 2. The van der Waals surface area contributed by atoms with Crippen LogP contribution in [-0.4, -0.2) is 5.92 Å². The van der Waals surface area contributed by atoms with Crippen molar-refractivity contribution < 1.29 is 8.78 Å². The van der Waals surface area contributed by atoms with E-state index in [4.69, 9.17) is 0 Å². The van der Waals surface area contributed by atoms with E-state index >= 15 is 0 Å². The Labute approximate surface area is 59.9 Å². The van der Waals surface area contributed by atoms with E-state index in [-0.39, 0.29) is 12.8 Å². The fourth-order valence-electron chi connectivity index (χ4n) is 1.30. The first-order valence-electron chi connectivity index (χ1n) is 3.65. The average Bonchev–Trinajstić information content (AvgIpc) is 1.90. The summed E-state index contributed by atoms with van der Waals surface area (Å²) in [6, 6.07) is 0. The Morgan fingerprint density at radius 2 is 2.00 bits per heavy atom. The molecule has 0 aromatic rings. The van der Waals surface area contributed by atoms with Gasteiger partial charge < -0.3 is 0 Å². The minimum Gasteiger partial charge on any atom is -0.207 e. The summed E-state index contributed by atoms with van der Waals surface area (Å²) in [5, 5.41) is 0. The molecule has 0 spiro atoms. The summed E-state index contributed by atoms with van der Waals surface area (Å²) in [7, 11) is 0. The first kappa shape index (κ1) is 7.70. The van der Waals surface area contributed by atoms with Crippen LogP contribution in [-0.2, 0) is 0 Å². The topological polar surface area (TPSA) is 0 Å². The standard InChI is InChI=1S/C8H12F2/c1-7-4-2-3-5-8(9,10)6-7/h1-6H2. The monoisotopic (exact) mass is 146 g/mol. The van der Waals surface area contributed by atoms with Crippen LogP contribution >= 0.6 is 0 Å². The Kier molecular flexibility index (Phi) is 2.07. The van der Waals surface area contributed by atoms with E-state index in [0.29, 0.717) is 12.0 Å². The van der Waals surface area contributed by atoms with Crippen molar-refractivity contribution in [2.45, 2.75) is 38.0 Å². The average molecular weight is 146 g/mol. The molecule has 0 bridgehead atoms. The summed E-state index contributed by atoms with van der Waals surface area (Å²) in [4.78, 5) is 0. The smallest absolute Gasteiger partial charge is 0.207 e. The van der Waals surface area contributed by atoms with Crippen LogP contribution in [0.15, 0.2) is 12.2 Å². The SMILES string of the molecule is C=C1CCCCC(F)(F)C1. The number of hydrogen-bond donors (Lipinski definition) is 0. The van der Waals surface area contributed by atoms with Crippen molar-refractivity contribution in [2.24, 2.45) is 0 Å². The Hall–Kier alpha value is -0.400. The van der Waals surface area contributed by atoms with Crippen LogP contribution in [0.2, 0.25) is 0 Å². The Morgan fingerprint density at radius 3 is 2.70 bits per heavy atom. The minimum absolute atomic E-state index is 0.0476. The van der Waals surface area contributed by atoms with Gasteiger partial charge in [-0.25, -0.2) is 8.78 Å². The second-order valence-corrected chi connectivity index (χ2v) is 2.99. The van der Waals surface area contributed by atoms with E-state index in [1.807, 2.05) is 0 Å². The molecule has 0 saturated heterocycles. The number of alkyl halides is 2. The molecule has 0 N–H and O–H groups in total. The molecule has 58 valence electrons. The first-order chi connectivity index (χ1) is 4.60. The summed E-state index contributed by atoms with van der Waals surface area (Å²) < 4.78 is 25.3. The lowest BCUT2D eigenvalue weighted by Gasteiger charge is -2.12. The summed E-state index contributed by atoms with van der Waals surface area (Å²) in [5.74, 6) is -2.46. The van der Waals surface area contributed by atoms with Gasteiger partial charge in [-0.05, 0) is 19.3 Å². The maximum absolute atomic E-state index is 12.7. The van der Waals surface area contributed by atoms with E-state index in [1.165, 1.54) is 0 Å². The molecule has 0 nitrogen and oxygen atoms in total. The summed E-state index contributed by atoms with van der Waals surface area (Å²) in [6.07, 6.45) is 2.27. The van der Waals surface area contributed by atoms with Crippen LogP contribution in [0.25, 0.3) is 0 Å². The third-order valence-electron chi connectivity index (χ3n) is 1.83. The molecule has 0 radical (unpaired) electrons. The molecule has 0 atom stereocenters. The lowest BCUT2D eigenvalue weighted by Crippen LogP contribution is -2.13. The van der Waals surface area contributed by atoms with Crippen molar-refractivity contribution in [1.29, 1.82) is 0 Å². The van der Waals surface area contributed by atoms with Crippen LogP contribution in [0.1, 0.15) is 32.1 Å². The predicted molar refractivity (Wildman–Crippen MR) is 37.2 cm³/mol. The molecule has 1 fully saturated rings. The van der Waals surface area contributed by atoms with E-state index in [9.17, 15) is 8.78 Å². The van der Waals surface area contributed by atoms with E-state index in [0.717, 1.165) is 12.8 Å². The lowest BCUT2D eigenvalue weighted by atomic mass is 10.1. The second kappa shape index (κ2) is 2.69. The van der Waals surface area contributed by atoms with Crippen molar-refractivity contribution in [2.75, 3.05) is 0 Å². The highest BCUT2D eigenvalue weighted by molar-refractivity contribution is 5.00. The molecule has 0 aromatic carbocycles. The van der Waals surface area contributed by atoms with Crippen LogP contribution in [0.5, 0.6) is 0 Å². The maximum atomic E-state index is 12.7. The highest BCUT2D eigenvalue weighted by Gasteiger charge is 2.30. The summed E-state index contributed by atoms with van der Waals surface area (Å²) in [5.41, 5.74) is 0.711. The molecule has 1 saturated carbocycles. The first-order valence-corrected chi connectivity index (χ1v) is 3.65. The molecular formula is C8H12F2. The third-order valence-corrected chi connectivity index (χ3v) is 1.83. The van der Waals surface area contributed by atoms with Crippen LogP contribution in [0.4, 0.5) is 8.78 Å². The Bertz CT molecular complexity index is 138. The molecule has 2 heteroatoms. The van der Waals surface area contributed by atoms with Gasteiger partial charge in [-0.3, -0.25) is 0 Å². The van der Waals surface area contributed by atoms with Gasteiger partial charge >= 0.3 is 0 Å². The Morgan fingerprint density at radius 1 is 1.30 bits per heavy atom. The zero-order chi connectivity index (χ0) is 7.61. The number of hydrogen-bond acceptors (Lipinski definition) is 0. The molecule has 10 heavy (non-hydrogen) atoms. The van der Waals surface area contributed by atoms with Gasteiger partial charge in [0.1, 0.15) is 0 Å². The van der Waals surface area contributed by atoms with Gasteiger partial charge in [0, 0.05) is 12.8 Å². The quantitative estimate of drug-likeness (QED) is 0.364. The molecule has 1 aliphatic rings. The van der Waals surface area contributed by atoms with Gasteiger partial charge in [0.05, 0.1) is 0 Å². The molecule has 0 heterocycles. The van der Waals surface area contributed by atoms with E-state index in [1.54, 1.807) is 0 Å². The van der Waals surface area contributed by atoms with Crippen molar-refractivity contribution in [3.63, 3.8) is 0 Å². The molecule has 1 aliphatic carbocycles. The highest BCUT2D eigenvalue weighted by atomic mass is 19.3. The van der Waals surface area contributed by atoms with E-state index in [2.05, 4.69) is 6.58 Å². The molecule has 0 unspecified atom stereocenters. The number of allylic oxidation sites excluding steroid dienone is 1. The predicted octanol–water partition coefficient (Wildman–Crippen LogP) is 3.14. The zero-order valence-corrected chi connectivity index (χ0v) is 6.00. The highest BCUT2D eigenvalue weighted by Crippen LogP contribution is 2.33. The third kappa shape index (κ3) is 2.09. The number of rotatable bonds is 0. The summed E-state index contributed by atoms with van der Waals surface area (Å²) in [6.45, 7) is 3.59. The van der Waals surface area contributed by atoms with Crippen molar-refractivity contribution >= 4 is 0 Å². The van der Waals surface area contributed by atoms with Crippen molar-refractivity contribution in [3.05, 3.63) is 12.2 Å². The minimum atomic E-state index is -2.46. The second-order valence-electron chi connectivity index (χ2n) is 2.99. The van der Waals surface area contributed by atoms with Gasteiger partial charge in [-0.15, -0.1) is 0 Å². The fourth-order valence-corrected chi connectivity index (χ4v) is 1.30. The van der Waals surface area contributed by atoms with Gasteiger partial charge in [0.15, 0.2) is 0 Å². The van der Waals surface area contributed by atoms with Gasteiger partial charge in [0.25, 0.3) is 5.92 Å². The van der Waals surface area contributed by atoms with Crippen molar-refractivity contribution in [3.8, 4) is 0 Å². The molecule has 0 amide bonds. The summed E-state index contributed by atoms with van der Waals surface area (Å²) >= 11 is 0. The maximum Gasteiger partial charge on any atom is 0.251 e.